The number of benzene rings is 1. The van der Waals surface area contributed by atoms with E-state index in [2.05, 4.69) is 62.2 Å². The van der Waals surface area contributed by atoms with Crippen molar-refractivity contribution in [3.63, 3.8) is 0 Å². The van der Waals surface area contributed by atoms with E-state index in [0.717, 1.165) is 19.0 Å². The predicted molar refractivity (Wildman–Crippen MR) is 89.9 cm³/mol. The lowest BCUT2D eigenvalue weighted by Gasteiger charge is -2.54. The molecule has 0 aromatic heterocycles. The van der Waals surface area contributed by atoms with Crippen molar-refractivity contribution in [2.24, 2.45) is 0 Å². The maximum absolute atomic E-state index is 3.77. The molecule has 21 heavy (non-hydrogen) atoms. The number of rotatable bonds is 4. The first kappa shape index (κ1) is 15.1. The Morgan fingerprint density at radius 3 is 2.57 bits per heavy atom. The van der Waals surface area contributed by atoms with Crippen LogP contribution in [0.25, 0.3) is 0 Å². The van der Waals surface area contributed by atoms with E-state index in [-0.39, 0.29) is 5.54 Å². The Labute approximate surface area is 129 Å². The number of nitrogens with zero attached hydrogens (tertiary/aromatic N) is 1. The molecule has 0 bridgehead atoms. The summed E-state index contributed by atoms with van der Waals surface area (Å²) in [5, 5.41) is 3.77. The molecule has 0 spiro atoms. The van der Waals surface area contributed by atoms with Gasteiger partial charge >= 0.3 is 0 Å². The summed E-state index contributed by atoms with van der Waals surface area (Å²) < 4.78 is 0. The number of piperazine rings is 1. The molecule has 1 aliphatic heterocycles. The molecule has 1 saturated heterocycles. The second-order valence-electron chi connectivity index (χ2n) is 7.65. The number of hydrogen-bond donors (Lipinski definition) is 1. The van der Waals surface area contributed by atoms with Crippen LogP contribution in [0, 0.1) is 0 Å². The molecule has 1 atom stereocenters. The van der Waals surface area contributed by atoms with E-state index >= 15 is 0 Å². The van der Waals surface area contributed by atoms with Gasteiger partial charge in [-0.2, -0.15) is 0 Å². The molecule has 0 saturated carbocycles. The van der Waals surface area contributed by atoms with Gasteiger partial charge in [0.2, 0.25) is 0 Å². The molecule has 1 aliphatic carbocycles. The highest BCUT2D eigenvalue weighted by Crippen LogP contribution is 2.39. The first-order valence-corrected chi connectivity index (χ1v) is 8.57. The lowest BCUT2D eigenvalue weighted by atomic mass is 9.75. The lowest BCUT2D eigenvalue weighted by molar-refractivity contribution is 0.00281. The van der Waals surface area contributed by atoms with E-state index in [9.17, 15) is 0 Å². The minimum absolute atomic E-state index is 0.233. The van der Waals surface area contributed by atoms with Gasteiger partial charge in [-0.3, -0.25) is 4.90 Å². The van der Waals surface area contributed by atoms with Gasteiger partial charge in [0.05, 0.1) is 0 Å². The molecular formula is C19H30N2. The fourth-order valence-electron chi connectivity index (χ4n) is 4.21. The molecule has 1 heterocycles. The monoisotopic (exact) mass is 286 g/mol. The largest absolute Gasteiger partial charge is 0.309 e. The smallest absolute Gasteiger partial charge is 0.0329 e. The molecule has 2 heteroatoms. The van der Waals surface area contributed by atoms with Crippen LogP contribution < -0.4 is 5.32 Å². The van der Waals surface area contributed by atoms with Crippen LogP contribution in [0.5, 0.6) is 0 Å². The number of nitrogens with one attached hydrogen (secondary N) is 1. The highest BCUT2D eigenvalue weighted by Gasteiger charge is 2.43. The Morgan fingerprint density at radius 2 is 1.90 bits per heavy atom. The average Bonchev–Trinajstić information content (AvgIpc) is 2.45. The van der Waals surface area contributed by atoms with Crippen LogP contribution in [0.3, 0.4) is 0 Å². The van der Waals surface area contributed by atoms with Crippen molar-refractivity contribution >= 4 is 0 Å². The summed E-state index contributed by atoms with van der Waals surface area (Å²) in [5.41, 5.74) is 3.74. The molecule has 1 fully saturated rings. The third kappa shape index (κ3) is 2.64. The van der Waals surface area contributed by atoms with Gasteiger partial charge in [-0.05, 0) is 44.2 Å². The van der Waals surface area contributed by atoms with Gasteiger partial charge in [0.25, 0.3) is 0 Å². The average molecular weight is 286 g/mol. The third-order valence-electron chi connectivity index (χ3n) is 5.87. The summed E-state index contributed by atoms with van der Waals surface area (Å²) in [6, 6.07) is 8.99. The van der Waals surface area contributed by atoms with Crippen molar-refractivity contribution in [3.8, 4) is 0 Å². The fraction of sp³-hybridized carbons (Fsp3) is 0.684. The topological polar surface area (TPSA) is 15.3 Å². The van der Waals surface area contributed by atoms with Crippen LogP contribution >= 0.6 is 0 Å². The Morgan fingerprint density at radius 1 is 1.19 bits per heavy atom. The van der Waals surface area contributed by atoms with Crippen LogP contribution in [0.2, 0.25) is 0 Å². The molecule has 3 rings (SSSR count). The van der Waals surface area contributed by atoms with Crippen molar-refractivity contribution < 1.29 is 0 Å². The summed E-state index contributed by atoms with van der Waals surface area (Å²) >= 11 is 0. The van der Waals surface area contributed by atoms with Gasteiger partial charge in [0, 0.05) is 36.6 Å². The first-order chi connectivity index (χ1) is 10.00. The normalized spacial score (nSPS) is 27.0. The highest BCUT2D eigenvalue weighted by atomic mass is 15.3. The minimum atomic E-state index is 0.233. The zero-order valence-corrected chi connectivity index (χ0v) is 14.1. The molecule has 0 amide bonds. The molecule has 2 aliphatic rings. The molecule has 1 unspecified atom stereocenters. The molecular weight excluding hydrogens is 256 g/mol. The molecule has 116 valence electrons. The maximum Gasteiger partial charge on any atom is 0.0329 e. The Kier molecular flexibility index (Phi) is 3.87. The Hall–Kier alpha value is -0.860. The second kappa shape index (κ2) is 5.40. The fourth-order valence-corrected chi connectivity index (χ4v) is 4.21. The van der Waals surface area contributed by atoms with Gasteiger partial charge in [-0.1, -0.05) is 38.1 Å². The van der Waals surface area contributed by atoms with Gasteiger partial charge in [-0.25, -0.2) is 0 Å². The predicted octanol–water partition coefficient (Wildman–Crippen LogP) is 3.57. The zero-order chi connectivity index (χ0) is 15.1. The van der Waals surface area contributed by atoms with Gasteiger partial charge in [-0.15, -0.1) is 0 Å². The molecule has 0 radical (unpaired) electrons. The minimum Gasteiger partial charge on any atom is -0.309 e. The number of hydrogen-bond acceptors (Lipinski definition) is 2. The highest BCUT2D eigenvalue weighted by molar-refractivity contribution is 5.40. The summed E-state index contributed by atoms with van der Waals surface area (Å²) in [4.78, 5) is 2.80. The van der Waals surface area contributed by atoms with E-state index in [4.69, 9.17) is 0 Å². The Bertz CT molecular complexity index is 502. The summed E-state index contributed by atoms with van der Waals surface area (Å²) in [5.74, 6) is 0.743. The summed E-state index contributed by atoms with van der Waals surface area (Å²) in [6.45, 7) is 12.9. The first-order valence-electron chi connectivity index (χ1n) is 8.57. The summed E-state index contributed by atoms with van der Waals surface area (Å²) in [7, 11) is 0. The molecule has 1 aromatic rings. The lowest BCUT2D eigenvalue weighted by Crippen LogP contribution is -2.68. The van der Waals surface area contributed by atoms with Gasteiger partial charge < -0.3 is 5.32 Å². The molecule has 2 nitrogen and oxygen atoms in total. The van der Waals surface area contributed by atoms with E-state index < -0.39 is 0 Å². The second-order valence-corrected chi connectivity index (χ2v) is 7.65. The SMILES string of the molecule is CCC1(CC)CNC(C)(C)CN1CC1Cc2ccccc21. The van der Waals surface area contributed by atoms with Crippen molar-refractivity contribution in [1.82, 2.24) is 10.2 Å². The van der Waals surface area contributed by atoms with Crippen LogP contribution in [0.1, 0.15) is 57.6 Å². The van der Waals surface area contributed by atoms with Crippen LogP contribution in [0.15, 0.2) is 24.3 Å². The van der Waals surface area contributed by atoms with Gasteiger partial charge in [0.15, 0.2) is 0 Å². The van der Waals surface area contributed by atoms with E-state index in [1.807, 2.05) is 0 Å². The molecule has 1 N–H and O–H groups in total. The van der Waals surface area contributed by atoms with Crippen molar-refractivity contribution in [2.75, 3.05) is 19.6 Å². The van der Waals surface area contributed by atoms with Crippen molar-refractivity contribution in [3.05, 3.63) is 35.4 Å². The van der Waals surface area contributed by atoms with Gasteiger partial charge in [0.1, 0.15) is 0 Å². The standard InChI is InChI=1S/C19H30N2/c1-5-19(6-2)13-20-18(3,4)14-21(19)12-16-11-15-9-7-8-10-17(15)16/h7-10,16,20H,5-6,11-14H2,1-4H3. The molecule has 1 aromatic carbocycles. The van der Waals surface area contributed by atoms with E-state index in [0.29, 0.717) is 5.54 Å². The van der Waals surface area contributed by atoms with E-state index in [1.165, 1.54) is 25.8 Å². The van der Waals surface area contributed by atoms with E-state index in [1.54, 1.807) is 11.1 Å². The quantitative estimate of drug-likeness (QED) is 0.910. The van der Waals surface area contributed by atoms with Crippen LogP contribution in [-0.4, -0.2) is 35.6 Å². The van der Waals surface area contributed by atoms with Crippen LogP contribution in [-0.2, 0) is 6.42 Å². The third-order valence-corrected chi connectivity index (χ3v) is 5.87. The maximum atomic E-state index is 3.77. The van der Waals surface area contributed by atoms with Crippen molar-refractivity contribution in [1.29, 1.82) is 0 Å². The van der Waals surface area contributed by atoms with Crippen molar-refractivity contribution in [2.45, 2.75) is 64.0 Å². The number of fused-ring (bicyclic) bond motifs is 1. The summed E-state index contributed by atoms with van der Waals surface area (Å²) in [6.07, 6.45) is 3.74. The zero-order valence-electron chi connectivity index (χ0n) is 14.1. The van der Waals surface area contributed by atoms with Crippen LogP contribution in [0.4, 0.5) is 0 Å². The Balaban J connectivity index is 1.78.